The molecule has 1 N–H and O–H groups in total. The number of benzene rings is 1. The second-order valence-electron chi connectivity index (χ2n) is 3.50. The first-order valence-corrected chi connectivity index (χ1v) is 5.09. The van der Waals surface area contributed by atoms with Crippen molar-refractivity contribution < 1.29 is 19.2 Å². The lowest BCUT2D eigenvalue weighted by Crippen LogP contribution is -2.36. The lowest BCUT2D eigenvalue weighted by molar-refractivity contribution is -0.384. The average Bonchev–Trinajstić information content (AvgIpc) is 2.76. The van der Waals surface area contributed by atoms with Gasteiger partial charge in [0.05, 0.1) is 11.5 Å². The molecule has 0 spiro atoms. The minimum Gasteiger partial charge on any atom is -0.410 e. The number of non-ortho nitro benzene ring substituents is 1. The van der Waals surface area contributed by atoms with Crippen LogP contribution in [0.3, 0.4) is 0 Å². The van der Waals surface area contributed by atoms with Crippen LogP contribution in [0, 0.1) is 10.1 Å². The van der Waals surface area contributed by atoms with E-state index in [-0.39, 0.29) is 18.0 Å². The molecule has 3 amide bonds. The predicted octanol–water partition coefficient (Wildman–Crippen LogP) is 1.12. The van der Waals surface area contributed by atoms with Crippen molar-refractivity contribution in [3.63, 3.8) is 0 Å². The quantitative estimate of drug-likeness (QED) is 0.626. The fourth-order valence-electron chi connectivity index (χ4n) is 1.44. The van der Waals surface area contributed by atoms with Crippen molar-refractivity contribution >= 4 is 17.8 Å². The molecule has 1 aliphatic heterocycles. The van der Waals surface area contributed by atoms with E-state index >= 15 is 0 Å². The molecule has 18 heavy (non-hydrogen) atoms. The lowest BCUT2D eigenvalue weighted by Gasteiger charge is -2.11. The molecule has 1 fully saturated rings. The summed E-state index contributed by atoms with van der Waals surface area (Å²) in [5.41, 5.74) is -0.103. The van der Waals surface area contributed by atoms with Gasteiger partial charge in [0, 0.05) is 18.7 Å². The van der Waals surface area contributed by atoms with Gasteiger partial charge in [-0.15, -0.1) is 0 Å². The summed E-state index contributed by atoms with van der Waals surface area (Å²) in [6.45, 7) is 0.624. The number of hydrogen-bond donors (Lipinski definition) is 1. The summed E-state index contributed by atoms with van der Waals surface area (Å²) in [6.07, 6.45) is -0.807. The number of amides is 3. The molecular weight excluding hydrogens is 242 g/mol. The molecule has 0 atom stereocenters. The van der Waals surface area contributed by atoms with Crippen molar-refractivity contribution in [1.82, 2.24) is 10.2 Å². The van der Waals surface area contributed by atoms with Gasteiger partial charge in [0.25, 0.3) is 5.69 Å². The number of ether oxygens (including phenoxy) is 1. The Labute approximate surface area is 101 Å². The SMILES string of the molecule is O=C1NCCN1C(=O)Oc1ccc([N+](=O)[O-])cc1. The van der Waals surface area contributed by atoms with Gasteiger partial charge in [0.15, 0.2) is 0 Å². The number of carbonyl (C=O) groups excluding carboxylic acids is 2. The molecule has 0 bridgehead atoms. The third-order valence-electron chi connectivity index (χ3n) is 2.33. The van der Waals surface area contributed by atoms with Crippen LogP contribution < -0.4 is 10.1 Å². The summed E-state index contributed by atoms with van der Waals surface area (Å²) in [7, 11) is 0. The van der Waals surface area contributed by atoms with Crippen molar-refractivity contribution in [3.8, 4) is 5.75 Å². The topological polar surface area (TPSA) is 102 Å². The first kappa shape index (κ1) is 11.8. The van der Waals surface area contributed by atoms with Crippen LogP contribution in [0.2, 0.25) is 0 Å². The minimum atomic E-state index is -0.807. The summed E-state index contributed by atoms with van der Waals surface area (Å²) >= 11 is 0. The highest BCUT2D eigenvalue weighted by molar-refractivity contribution is 5.93. The van der Waals surface area contributed by atoms with Crippen LogP contribution in [0.15, 0.2) is 24.3 Å². The molecule has 0 aliphatic carbocycles. The third kappa shape index (κ3) is 2.37. The number of nitrogens with zero attached hydrogens (tertiary/aromatic N) is 2. The number of carbonyl (C=O) groups is 2. The van der Waals surface area contributed by atoms with E-state index in [1.54, 1.807) is 0 Å². The fourth-order valence-corrected chi connectivity index (χ4v) is 1.44. The number of imide groups is 1. The van der Waals surface area contributed by atoms with Crippen LogP contribution in [0.4, 0.5) is 15.3 Å². The van der Waals surface area contributed by atoms with Gasteiger partial charge in [-0.25, -0.2) is 14.5 Å². The second-order valence-corrected chi connectivity index (χ2v) is 3.50. The summed E-state index contributed by atoms with van der Waals surface area (Å²) in [6, 6.07) is 4.51. The maximum atomic E-state index is 11.6. The maximum absolute atomic E-state index is 11.6. The summed E-state index contributed by atoms with van der Waals surface area (Å²) in [5, 5.41) is 12.9. The first-order chi connectivity index (χ1) is 8.58. The van der Waals surface area contributed by atoms with Crippen molar-refractivity contribution in [3.05, 3.63) is 34.4 Å². The fraction of sp³-hybridized carbons (Fsp3) is 0.200. The van der Waals surface area contributed by atoms with E-state index in [2.05, 4.69) is 5.32 Å². The maximum Gasteiger partial charge on any atom is 0.423 e. The van der Waals surface area contributed by atoms with Gasteiger partial charge in [-0.2, -0.15) is 0 Å². The average molecular weight is 251 g/mol. The molecule has 1 aromatic carbocycles. The number of nitro benzene ring substituents is 1. The number of nitro groups is 1. The van der Waals surface area contributed by atoms with Gasteiger partial charge in [-0.3, -0.25) is 10.1 Å². The smallest absolute Gasteiger partial charge is 0.410 e. The Morgan fingerprint density at radius 3 is 2.56 bits per heavy atom. The molecular formula is C10H9N3O5. The summed E-state index contributed by atoms with van der Waals surface area (Å²) < 4.78 is 4.91. The van der Waals surface area contributed by atoms with Gasteiger partial charge >= 0.3 is 12.1 Å². The Morgan fingerprint density at radius 2 is 2.06 bits per heavy atom. The van der Waals surface area contributed by atoms with E-state index < -0.39 is 17.0 Å². The molecule has 2 rings (SSSR count). The Morgan fingerprint density at radius 1 is 1.39 bits per heavy atom. The van der Waals surface area contributed by atoms with Crippen LogP contribution in [-0.4, -0.2) is 35.0 Å². The molecule has 0 unspecified atom stereocenters. The van der Waals surface area contributed by atoms with Crippen molar-refractivity contribution in [2.45, 2.75) is 0 Å². The van der Waals surface area contributed by atoms with Crippen LogP contribution >= 0.6 is 0 Å². The predicted molar refractivity (Wildman–Crippen MR) is 59.2 cm³/mol. The van der Waals surface area contributed by atoms with Gasteiger partial charge in [-0.1, -0.05) is 0 Å². The number of rotatable bonds is 2. The number of hydrogen-bond acceptors (Lipinski definition) is 5. The standard InChI is InChI=1S/C10H9N3O5/c14-9-11-5-6-12(9)10(15)18-8-3-1-7(2-4-8)13(16)17/h1-4H,5-6H2,(H,11,14). The van der Waals surface area contributed by atoms with E-state index in [0.29, 0.717) is 6.54 Å². The first-order valence-electron chi connectivity index (χ1n) is 5.09. The highest BCUT2D eigenvalue weighted by atomic mass is 16.6. The second kappa shape index (κ2) is 4.70. The molecule has 1 saturated heterocycles. The van der Waals surface area contributed by atoms with E-state index in [0.717, 1.165) is 4.90 Å². The Bertz CT molecular complexity index is 499. The van der Waals surface area contributed by atoms with Gasteiger partial charge in [0.1, 0.15) is 5.75 Å². The number of nitrogens with one attached hydrogen (secondary N) is 1. The minimum absolute atomic E-state index is 0.103. The van der Waals surface area contributed by atoms with Crippen LogP contribution in [0.1, 0.15) is 0 Å². The van der Waals surface area contributed by atoms with E-state index in [4.69, 9.17) is 4.74 Å². The zero-order valence-corrected chi connectivity index (χ0v) is 9.16. The molecule has 0 saturated carbocycles. The summed E-state index contributed by atoms with van der Waals surface area (Å²) in [4.78, 5) is 33.5. The Kier molecular flexibility index (Phi) is 3.09. The lowest BCUT2D eigenvalue weighted by atomic mass is 10.3. The zero-order chi connectivity index (χ0) is 13.1. The summed E-state index contributed by atoms with van der Waals surface area (Å²) in [5.74, 6) is 0.144. The van der Waals surface area contributed by atoms with Crippen molar-refractivity contribution in [2.24, 2.45) is 0 Å². The highest BCUT2D eigenvalue weighted by Gasteiger charge is 2.27. The molecule has 1 aromatic rings. The zero-order valence-electron chi connectivity index (χ0n) is 9.16. The monoisotopic (exact) mass is 251 g/mol. The van der Waals surface area contributed by atoms with E-state index in [1.807, 2.05) is 0 Å². The number of urea groups is 1. The molecule has 1 heterocycles. The van der Waals surface area contributed by atoms with Crippen molar-refractivity contribution in [2.75, 3.05) is 13.1 Å². The highest BCUT2D eigenvalue weighted by Crippen LogP contribution is 2.18. The molecule has 0 radical (unpaired) electrons. The molecule has 8 heteroatoms. The van der Waals surface area contributed by atoms with E-state index in [9.17, 15) is 19.7 Å². The Balaban J connectivity index is 2.03. The van der Waals surface area contributed by atoms with E-state index in [1.165, 1.54) is 24.3 Å². The van der Waals surface area contributed by atoms with Crippen LogP contribution in [0.25, 0.3) is 0 Å². The van der Waals surface area contributed by atoms with Crippen molar-refractivity contribution in [1.29, 1.82) is 0 Å². The van der Waals surface area contributed by atoms with Crippen LogP contribution in [-0.2, 0) is 0 Å². The third-order valence-corrected chi connectivity index (χ3v) is 2.33. The van der Waals surface area contributed by atoms with Crippen LogP contribution in [0.5, 0.6) is 5.75 Å². The molecule has 8 nitrogen and oxygen atoms in total. The van der Waals surface area contributed by atoms with Gasteiger partial charge in [0.2, 0.25) is 0 Å². The van der Waals surface area contributed by atoms with Gasteiger partial charge in [-0.05, 0) is 12.1 Å². The molecule has 0 aromatic heterocycles. The Hall–Kier alpha value is -2.64. The molecule has 94 valence electrons. The normalized spacial score (nSPS) is 14.2. The molecule has 1 aliphatic rings. The largest absolute Gasteiger partial charge is 0.423 e. The van der Waals surface area contributed by atoms with Gasteiger partial charge < -0.3 is 10.1 Å².